The van der Waals surface area contributed by atoms with Crippen LogP contribution in [0.25, 0.3) is 0 Å². The van der Waals surface area contributed by atoms with Crippen LogP contribution in [0.2, 0.25) is 0 Å². The second kappa shape index (κ2) is 6.85. The van der Waals surface area contributed by atoms with Crippen LogP contribution in [0.4, 0.5) is 4.79 Å². The summed E-state index contributed by atoms with van der Waals surface area (Å²) in [7, 11) is -2.64. The van der Waals surface area contributed by atoms with Gasteiger partial charge in [-0.15, -0.1) is 0 Å². The monoisotopic (exact) mass is 256 g/mol. The zero-order valence-electron chi connectivity index (χ0n) is 9.71. The average molecular weight is 256 g/mol. The molecule has 2 atom stereocenters. The first-order valence-corrected chi connectivity index (χ1v) is 6.39. The molecule has 0 aliphatic heterocycles. The minimum absolute atomic E-state index is 0.334. The largest absolute Gasteiger partial charge is 0.510 e. The minimum atomic E-state index is -3.89. The van der Waals surface area contributed by atoms with Crippen molar-refractivity contribution in [1.82, 2.24) is 0 Å². The molecule has 0 aliphatic rings. The molecule has 0 saturated carbocycles. The van der Waals surface area contributed by atoms with Crippen LogP contribution < -0.4 is 0 Å². The van der Waals surface area contributed by atoms with Crippen LogP contribution in [0.1, 0.15) is 20.8 Å². The van der Waals surface area contributed by atoms with E-state index in [1.165, 1.54) is 14.0 Å². The van der Waals surface area contributed by atoms with Crippen molar-refractivity contribution in [2.75, 3.05) is 13.5 Å². The van der Waals surface area contributed by atoms with Gasteiger partial charge in [0.1, 0.15) is 6.35 Å². The molecular weight excluding hydrogens is 239 g/mol. The summed E-state index contributed by atoms with van der Waals surface area (Å²) >= 11 is 0. The van der Waals surface area contributed by atoms with E-state index in [0.29, 0.717) is 0 Å². The molecule has 0 aliphatic carbocycles. The van der Waals surface area contributed by atoms with Gasteiger partial charge in [0.15, 0.2) is 0 Å². The molecule has 1 N–H and O–H groups in total. The van der Waals surface area contributed by atoms with Crippen LogP contribution in [0.3, 0.4) is 0 Å². The van der Waals surface area contributed by atoms with Crippen molar-refractivity contribution in [3.05, 3.63) is 0 Å². The summed E-state index contributed by atoms with van der Waals surface area (Å²) in [6, 6.07) is 0. The number of rotatable bonds is 6. The fourth-order valence-corrected chi connectivity index (χ4v) is 1.70. The highest BCUT2D eigenvalue weighted by atomic mass is 31.2. The van der Waals surface area contributed by atoms with Gasteiger partial charge >= 0.3 is 13.8 Å². The number of carbonyl (C=O) groups excluding carboxylic acids is 1. The Morgan fingerprint density at radius 3 is 2.31 bits per heavy atom. The van der Waals surface area contributed by atoms with Gasteiger partial charge in [-0.1, -0.05) is 0 Å². The van der Waals surface area contributed by atoms with Crippen molar-refractivity contribution in [1.29, 1.82) is 0 Å². The maximum absolute atomic E-state index is 11.2. The second-order valence-corrected chi connectivity index (χ2v) is 5.01. The van der Waals surface area contributed by atoms with E-state index in [1.807, 2.05) is 0 Å². The lowest BCUT2D eigenvalue weighted by Crippen LogP contribution is -2.21. The van der Waals surface area contributed by atoms with E-state index < -0.39 is 26.4 Å². The van der Waals surface area contributed by atoms with Gasteiger partial charge in [-0.2, -0.15) is 0 Å². The number of hydrogen-bond donors (Lipinski definition) is 1. The van der Waals surface area contributed by atoms with Crippen LogP contribution >= 0.6 is 7.60 Å². The normalized spacial score (nSPS) is 16.6. The summed E-state index contributed by atoms with van der Waals surface area (Å²) in [5, 5.41) is 0. The van der Waals surface area contributed by atoms with Crippen molar-refractivity contribution in [3.63, 3.8) is 0 Å². The molecule has 7 nitrogen and oxygen atoms in total. The Kier molecular flexibility index (Phi) is 6.59. The highest BCUT2D eigenvalue weighted by Gasteiger charge is 2.25. The first-order chi connectivity index (χ1) is 7.26. The van der Waals surface area contributed by atoms with Gasteiger partial charge in [-0.3, -0.25) is 9.09 Å². The maximum Gasteiger partial charge on any atom is 0.510 e. The molecule has 0 bridgehead atoms. The summed E-state index contributed by atoms with van der Waals surface area (Å²) in [5.74, 6) is 0. The lowest BCUT2D eigenvalue weighted by molar-refractivity contribution is -0.0657. The fraction of sp³-hybridized carbons (Fsp3) is 0.875. The lowest BCUT2D eigenvalue weighted by atomic mass is 10.5. The molecule has 0 aromatic heterocycles. The van der Waals surface area contributed by atoms with Crippen molar-refractivity contribution in [2.24, 2.45) is 0 Å². The Labute approximate surface area is 94.2 Å². The third kappa shape index (κ3) is 7.64. The van der Waals surface area contributed by atoms with Gasteiger partial charge in [0.2, 0.25) is 6.29 Å². The van der Waals surface area contributed by atoms with Gasteiger partial charge < -0.3 is 19.1 Å². The van der Waals surface area contributed by atoms with Crippen LogP contribution in [0.15, 0.2) is 0 Å². The van der Waals surface area contributed by atoms with Crippen LogP contribution in [0.5, 0.6) is 0 Å². The van der Waals surface area contributed by atoms with Gasteiger partial charge in [0, 0.05) is 7.11 Å². The number of ether oxygens (including phenoxy) is 3. The van der Waals surface area contributed by atoms with Crippen molar-refractivity contribution in [3.8, 4) is 0 Å². The lowest BCUT2D eigenvalue weighted by Gasteiger charge is -2.17. The van der Waals surface area contributed by atoms with E-state index in [1.54, 1.807) is 13.8 Å². The first-order valence-electron chi connectivity index (χ1n) is 4.63. The first kappa shape index (κ1) is 15.4. The molecule has 0 heterocycles. The van der Waals surface area contributed by atoms with E-state index in [0.717, 1.165) is 0 Å². The summed E-state index contributed by atoms with van der Waals surface area (Å²) in [4.78, 5) is 20.1. The van der Waals surface area contributed by atoms with E-state index in [2.05, 4.69) is 18.7 Å². The predicted octanol–water partition coefficient (Wildman–Crippen LogP) is 1.70. The van der Waals surface area contributed by atoms with E-state index in [4.69, 9.17) is 4.89 Å². The Bertz CT molecular complexity index is 265. The van der Waals surface area contributed by atoms with Gasteiger partial charge in [0.05, 0.1) is 6.10 Å². The van der Waals surface area contributed by atoms with Crippen LogP contribution in [-0.4, -0.2) is 36.9 Å². The van der Waals surface area contributed by atoms with Crippen molar-refractivity contribution >= 4 is 13.8 Å². The Morgan fingerprint density at radius 2 is 1.88 bits per heavy atom. The highest BCUT2D eigenvalue weighted by molar-refractivity contribution is 7.52. The van der Waals surface area contributed by atoms with Gasteiger partial charge in [-0.25, -0.2) is 4.79 Å². The van der Waals surface area contributed by atoms with Crippen molar-refractivity contribution in [2.45, 2.75) is 33.2 Å². The van der Waals surface area contributed by atoms with Crippen LogP contribution in [-0.2, 0) is 23.3 Å². The maximum atomic E-state index is 11.2. The third-order valence-corrected chi connectivity index (χ3v) is 2.41. The Morgan fingerprint density at radius 1 is 1.31 bits per heavy atom. The van der Waals surface area contributed by atoms with E-state index in [-0.39, 0.29) is 6.10 Å². The molecule has 0 rings (SSSR count). The topological polar surface area (TPSA) is 91.3 Å². The number of carbonyl (C=O) groups is 1. The average Bonchev–Trinajstić information content (AvgIpc) is 1.98. The zero-order valence-corrected chi connectivity index (χ0v) is 10.6. The Balaban J connectivity index is 4.03. The molecule has 0 aromatic rings. The van der Waals surface area contributed by atoms with E-state index in [9.17, 15) is 9.36 Å². The fourth-order valence-electron chi connectivity index (χ4n) is 0.803. The zero-order chi connectivity index (χ0) is 12.8. The van der Waals surface area contributed by atoms with E-state index >= 15 is 0 Å². The smallest absolute Gasteiger partial charge is 0.432 e. The standard InChI is InChI=1S/C8H17O7P/c1-6(2)13-8(9)14-7(3)15-16(10,11)5-12-4/h6-7H,5H2,1-4H3,(H,10,11). The van der Waals surface area contributed by atoms with Gasteiger partial charge in [-0.05, 0) is 20.8 Å². The molecule has 0 spiro atoms. The molecule has 96 valence electrons. The molecule has 2 unspecified atom stereocenters. The molecule has 8 heteroatoms. The predicted molar refractivity (Wildman–Crippen MR) is 55.0 cm³/mol. The van der Waals surface area contributed by atoms with Crippen LogP contribution in [0, 0.1) is 0 Å². The molecule has 0 fully saturated rings. The second-order valence-electron chi connectivity index (χ2n) is 3.26. The summed E-state index contributed by atoms with van der Waals surface area (Å²) in [6.07, 6.45) is -2.95. The number of hydrogen-bond acceptors (Lipinski definition) is 6. The molecule has 0 aromatic carbocycles. The summed E-state index contributed by atoms with van der Waals surface area (Å²) in [6.45, 7) is 4.60. The minimum Gasteiger partial charge on any atom is -0.432 e. The molecule has 0 saturated heterocycles. The SMILES string of the molecule is COCP(=O)(O)OC(C)OC(=O)OC(C)C. The quantitative estimate of drug-likeness (QED) is 0.439. The summed E-state index contributed by atoms with van der Waals surface area (Å²) in [5.41, 5.74) is 0. The van der Waals surface area contributed by atoms with Crippen molar-refractivity contribution < 1.29 is 33.0 Å². The molecular formula is C8H17O7P. The molecule has 16 heavy (non-hydrogen) atoms. The molecule has 0 radical (unpaired) electrons. The van der Waals surface area contributed by atoms with Gasteiger partial charge in [0.25, 0.3) is 0 Å². The highest BCUT2D eigenvalue weighted by Crippen LogP contribution is 2.42. The number of methoxy groups -OCH3 is 1. The molecule has 0 amide bonds. The Hall–Kier alpha value is -0.620. The third-order valence-electron chi connectivity index (χ3n) is 1.20. The summed E-state index contributed by atoms with van der Waals surface area (Å²) < 4.78 is 29.5.